The van der Waals surface area contributed by atoms with Crippen LogP contribution in [0, 0.1) is 0 Å². The SMILES string of the molecule is O=C=Nc1cccc(Cl)c1OC(F)(F)F. The van der Waals surface area contributed by atoms with Crippen molar-refractivity contribution in [2.45, 2.75) is 6.36 Å². The third-order valence-corrected chi connectivity index (χ3v) is 1.63. The van der Waals surface area contributed by atoms with Crippen molar-refractivity contribution in [3.63, 3.8) is 0 Å². The largest absolute Gasteiger partial charge is 0.573 e. The molecule has 7 heteroatoms. The molecule has 3 nitrogen and oxygen atoms in total. The van der Waals surface area contributed by atoms with Gasteiger partial charge in [-0.05, 0) is 12.1 Å². The second-order valence-corrected chi connectivity index (χ2v) is 2.75. The standard InChI is InChI=1S/C8H3ClF3NO2/c9-5-2-1-3-6(13-4-14)7(5)15-8(10,11)12/h1-3H. The first-order valence-corrected chi connectivity index (χ1v) is 3.94. The minimum atomic E-state index is -4.89. The van der Waals surface area contributed by atoms with Crippen LogP contribution in [-0.2, 0) is 4.79 Å². The van der Waals surface area contributed by atoms with Gasteiger partial charge in [0.2, 0.25) is 6.08 Å². The van der Waals surface area contributed by atoms with Crippen molar-refractivity contribution in [3.05, 3.63) is 23.2 Å². The zero-order chi connectivity index (χ0) is 11.5. The van der Waals surface area contributed by atoms with Crippen LogP contribution in [0.1, 0.15) is 0 Å². The number of halogens is 4. The van der Waals surface area contributed by atoms with E-state index in [0.717, 1.165) is 12.1 Å². The first-order valence-electron chi connectivity index (χ1n) is 3.56. The summed E-state index contributed by atoms with van der Waals surface area (Å²) in [5, 5.41) is -0.288. The lowest BCUT2D eigenvalue weighted by Gasteiger charge is -2.11. The molecule has 0 N–H and O–H groups in total. The maximum Gasteiger partial charge on any atom is 0.573 e. The lowest BCUT2D eigenvalue weighted by molar-refractivity contribution is -0.274. The highest BCUT2D eigenvalue weighted by Gasteiger charge is 2.33. The van der Waals surface area contributed by atoms with Crippen LogP contribution >= 0.6 is 11.6 Å². The fraction of sp³-hybridized carbons (Fsp3) is 0.125. The van der Waals surface area contributed by atoms with Crippen molar-refractivity contribution in [2.24, 2.45) is 4.99 Å². The second-order valence-electron chi connectivity index (χ2n) is 2.34. The van der Waals surface area contributed by atoms with Crippen LogP contribution in [0.5, 0.6) is 5.75 Å². The lowest BCUT2D eigenvalue weighted by Crippen LogP contribution is -2.17. The van der Waals surface area contributed by atoms with E-state index in [0.29, 0.717) is 0 Å². The molecule has 1 aromatic carbocycles. The molecule has 15 heavy (non-hydrogen) atoms. The van der Waals surface area contributed by atoms with Crippen LogP contribution in [0.3, 0.4) is 0 Å². The minimum Gasteiger partial charge on any atom is -0.402 e. The number of hydrogen-bond acceptors (Lipinski definition) is 3. The van der Waals surface area contributed by atoms with Gasteiger partial charge in [0, 0.05) is 0 Å². The third kappa shape index (κ3) is 3.27. The number of nitrogens with zero attached hydrogens (tertiary/aromatic N) is 1. The van der Waals surface area contributed by atoms with E-state index in [1.54, 1.807) is 0 Å². The summed E-state index contributed by atoms with van der Waals surface area (Å²) >= 11 is 5.46. The van der Waals surface area contributed by atoms with Crippen molar-refractivity contribution < 1.29 is 22.7 Å². The molecule has 80 valence electrons. The van der Waals surface area contributed by atoms with E-state index in [9.17, 15) is 18.0 Å². The smallest absolute Gasteiger partial charge is 0.402 e. The Morgan fingerprint density at radius 2 is 2.07 bits per heavy atom. The molecule has 1 rings (SSSR count). The Kier molecular flexibility index (Phi) is 3.34. The van der Waals surface area contributed by atoms with Crippen LogP contribution in [0.4, 0.5) is 18.9 Å². The molecule has 0 aliphatic carbocycles. The molecular weight excluding hydrogens is 235 g/mol. The predicted octanol–water partition coefficient (Wildman–Crippen LogP) is 3.21. The summed E-state index contributed by atoms with van der Waals surface area (Å²) in [7, 11) is 0. The van der Waals surface area contributed by atoms with Gasteiger partial charge >= 0.3 is 6.36 Å². The molecule has 0 saturated heterocycles. The van der Waals surface area contributed by atoms with Gasteiger partial charge in [0.1, 0.15) is 5.69 Å². The highest BCUT2D eigenvalue weighted by Crippen LogP contribution is 2.38. The van der Waals surface area contributed by atoms with E-state index in [4.69, 9.17) is 11.6 Å². The molecule has 0 radical (unpaired) electrons. The maximum atomic E-state index is 11.9. The van der Waals surface area contributed by atoms with E-state index in [1.807, 2.05) is 0 Å². The third-order valence-electron chi connectivity index (χ3n) is 1.33. The normalized spacial score (nSPS) is 10.7. The monoisotopic (exact) mass is 237 g/mol. The van der Waals surface area contributed by atoms with E-state index in [-0.39, 0.29) is 10.7 Å². The summed E-state index contributed by atoms with van der Waals surface area (Å²) in [6.45, 7) is 0. The summed E-state index contributed by atoms with van der Waals surface area (Å²) in [5.74, 6) is -0.713. The molecule has 0 aliphatic rings. The molecule has 0 atom stereocenters. The second kappa shape index (κ2) is 4.33. The number of alkyl halides is 3. The van der Waals surface area contributed by atoms with Crippen molar-refractivity contribution in [1.29, 1.82) is 0 Å². The molecule has 0 spiro atoms. The summed E-state index contributed by atoms with van der Waals surface area (Å²) in [6.07, 6.45) is -3.78. The van der Waals surface area contributed by atoms with Gasteiger partial charge in [-0.15, -0.1) is 13.2 Å². The van der Waals surface area contributed by atoms with E-state index < -0.39 is 12.1 Å². The molecule has 0 saturated carbocycles. The first-order chi connectivity index (χ1) is 6.94. The van der Waals surface area contributed by atoms with E-state index >= 15 is 0 Å². The molecule has 1 aromatic rings. The molecule has 0 fully saturated rings. The predicted molar refractivity (Wildman–Crippen MR) is 45.9 cm³/mol. The van der Waals surface area contributed by atoms with Crippen LogP contribution < -0.4 is 4.74 Å². The number of carbonyl (C=O) groups excluding carboxylic acids is 1. The number of ether oxygens (including phenoxy) is 1. The molecule has 0 heterocycles. The van der Waals surface area contributed by atoms with Crippen LogP contribution in [0.25, 0.3) is 0 Å². The Morgan fingerprint density at radius 3 is 2.60 bits per heavy atom. The first kappa shape index (κ1) is 11.6. The molecular formula is C8H3ClF3NO2. The highest BCUT2D eigenvalue weighted by atomic mass is 35.5. The van der Waals surface area contributed by atoms with Gasteiger partial charge in [0.25, 0.3) is 0 Å². The van der Waals surface area contributed by atoms with Crippen molar-refractivity contribution in [2.75, 3.05) is 0 Å². The average Bonchev–Trinajstić information content (AvgIpc) is 2.10. The summed E-state index contributed by atoms with van der Waals surface area (Å²) < 4.78 is 39.4. The fourth-order valence-electron chi connectivity index (χ4n) is 0.851. The van der Waals surface area contributed by atoms with Crippen molar-refractivity contribution in [1.82, 2.24) is 0 Å². The molecule has 0 unspecified atom stereocenters. The molecule has 0 aromatic heterocycles. The van der Waals surface area contributed by atoms with Gasteiger partial charge < -0.3 is 4.74 Å². The van der Waals surface area contributed by atoms with Gasteiger partial charge in [0.15, 0.2) is 5.75 Å². The van der Waals surface area contributed by atoms with Gasteiger partial charge in [-0.1, -0.05) is 17.7 Å². The zero-order valence-corrected chi connectivity index (χ0v) is 7.76. The number of para-hydroxylation sites is 1. The Balaban J connectivity index is 3.19. The summed E-state index contributed by atoms with van der Waals surface area (Å²) in [4.78, 5) is 13.0. The topological polar surface area (TPSA) is 38.7 Å². The lowest BCUT2D eigenvalue weighted by atomic mass is 10.3. The summed E-state index contributed by atoms with van der Waals surface area (Å²) in [5.41, 5.74) is -0.324. The Hall–Kier alpha value is -1.52. The van der Waals surface area contributed by atoms with Crippen LogP contribution in [-0.4, -0.2) is 12.4 Å². The zero-order valence-electron chi connectivity index (χ0n) is 7.01. The highest BCUT2D eigenvalue weighted by molar-refractivity contribution is 6.32. The number of benzene rings is 1. The molecule has 0 bridgehead atoms. The summed E-state index contributed by atoms with van der Waals surface area (Å²) in [6, 6.07) is 3.67. The fourth-order valence-corrected chi connectivity index (χ4v) is 1.06. The number of rotatable bonds is 2. The number of aliphatic imine (C=N–C) groups is 1. The van der Waals surface area contributed by atoms with Gasteiger partial charge in [0.05, 0.1) is 5.02 Å². The Bertz CT molecular complexity index is 413. The van der Waals surface area contributed by atoms with Crippen LogP contribution in [0.2, 0.25) is 5.02 Å². The van der Waals surface area contributed by atoms with E-state index in [2.05, 4.69) is 9.73 Å². The number of isocyanates is 1. The number of hydrogen-bond donors (Lipinski definition) is 0. The Morgan fingerprint density at radius 1 is 1.40 bits per heavy atom. The van der Waals surface area contributed by atoms with Gasteiger partial charge in [-0.3, -0.25) is 0 Å². The minimum absolute atomic E-state index is 0.288. The maximum absolute atomic E-state index is 11.9. The van der Waals surface area contributed by atoms with E-state index in [1.165, 1.54) is 12.1 Å². The van der Waals surface area contributed by atoms with Gasteiger partial charge in [-0.25, -0.2) is 4.79 Å². The average molecular weight is 238 g/mol. The van der Waals surface area contributed by atoms with Crippen LogP contribution in [0.15, 0.2) is 23.2 Å². The molecule has 0 amide bonds. The quantitative estimate of drug-likeness (QED) is 0.585. The Labute approximate surface area is 87.1 Å². The van der Waals surface area contributed by atoms with Gasteiger partial charge in [-0.2, -0.15) is 4.99 Å². The molecule has 0 aliphatic heterocycles. The van der Waals surface area contributed by atoms with Crippen molar-refractivity contribution >= 4 is 23.4 Å². The van der Waals surface area contributed by atoms with Crippen molar-refractivity contribution in [3.8, 4) is 5.75 Å².